The van der Waals surface area contributed by atoms with Gasteiger partial charge in [-0.15, -0.1) is 0 Å². The van der Waals surface area contributed by atoms with E-state index in [1.807, 2.05) is 0 Å². The molecule has 0 saturated carbocycles. The van der Waals surface area contributed by atoms with Crippen molar-refractivity contribution in [2.24, 2.45) is 0 Å². The van der Waals surface area contributed by atoms with Crippen LogP contribution in [-0.4, -0.2) is 25.0 Å². The Morgan fingerprint density at radius 2 is 2.07 bits per heavy atom. The van der Waals surface area contributed by atoms with Gasteiger partial charge in [0.05, 0.1) is 13.7 Å². The van der Waals surface area contributed by atoms with Crippen molar-refractivity contribution < 1.29 is 24.1 Å². The molecular weight excluding hydrogens is 200 g/mol. The first-order chi connectivity index (χ1) is 7.19. The molecular formula is C10H12O5. The molecule has 0 unspecified atom stereocenters. The topological polar surface area (TPSA) is 65.0 Å². The second-order valence-corrected chi connectivity index (χ2v) is 2.59. The minimum atomic E-state index is -1.38. The van der Waals surface area contributed by atoms with E-state index in [9.17, 15) is 4.79 Å². The summed E-state index contributed by atoms with van der Waals surface area (Å²) >= 11 is 0. The number of benzene rings is 1. The fraction of sp³-hybridized carbons (Fsp3) is 0.300. The second-order valence-electron chi connectivity index (χ2n) is 2.59. The average Bonchev–Trinajstić information content (AvgIpc) is 2.20. The number of rotatable bonds is 4. The van der Waals surface area contributed by atoms with E-state index < -0.39 is 6.16 Å². The third-order valence-corrected chi connectivity index (χ3v) is 1.65. The molecule has 1 N–H and O–H groups in total. The largest absolute Gasteiger partial charge is 0.511 e. The van der Waals surface area contributed by atoms with Crippen molar-refractivity contribution in [1.82, 2.24) is 0 Å². The van der Waals surface area contributed by atoms with Crippen LogP contribution in [0.5, 0.6) is 17.2 Å². The molecule has 0 spiro atoms. The Balaban J connectivity index is 3.06. The van der Waals surface area contributed by atoms with Crippen molar-refractivity contribution in [3.8, 4) is 17.2 Å². The molecule has 15 heavy (non-hydrogen) atoms. The van der Waals surface area contributed by atoms with Crippen molar-refractivity contribution in [3.63, 3.8) is 0 Å². The van der Waals surface area contributed by atoms with Crippen LogP contribution in [0.3, 0.4) is 0 Å². The summed E-state index contributed by atoms with van der Waals surface area (Å²) in [6, 6.07) is 4.79. The molecule has 0 saturated heterocycles. The van der Waals surface area contributed by atoms with Gasteiger partial charge in [0, 0.05) is 0 Å². The summed E-state index contributed by atoms with van der Waals surface area (Å²) < 4.78 is 14.8. The molecule has 0 aliphatic rings. The molecule has 5 nitrogen and oxygen atoms in total. The standard InChI is InChI=1S/C10H12O5/c1-3-14-9-7(13-2)5-4-6-8(9)15-10(11)12/h4-6H,3H2,1-2H3,(H,11,12). The maximum Gasteiger partial charge on any atom is 0.511 e. The van der Waals surface area contributed by atoms with E-state index >= 15 is 0 Å². The van der Waals surface area contributed by atoms with Gasteiger partial charge in [-0.1, -0.05) is 6.07 Å². The van der Waals surface area contributed by atoms with Crippen LogP contribution in [0, 0.1) is 0 Å². The SMILES string of the molecule is CCOc1c(OC)cccc1OC(=O)O. The van der Waals surface area contributed by atoms with Gasteiger partial charge >= 0.3 is 6.16 Å². The Labute approximate surface area is 87.2 Å². The van der Waals surface area contributed by atoms with Gasteiger partial charge < -0.3 is 19.3 Å². The zero-order valence-electron chi connectivity index (χ0n) is 8.52. The monoisotopic (exact) mass is 212 g/mol. The van der Waals surface area contributed by atoms with E-state index in [4.69, 9.17) is 14.6 Å². The third-order valence-electron chi connectivity index (χ3n) is 1.65. The quantitative estimate of drug-likeness (QED) is 0.611. The third kappa shape index (κ3) is 2.77. The van der Waals surface area contributed by atoms with Gasteiger partial charge in [-0.25, -0.2) is 4.79 Å². The maximum atomic E-state index is 10.4. The van der Waals surface area contributed by atoms with Crippen LogP contribution in [0.4, 0.5) is 4.79 Å². The van der Waals surface area contributed by atoms with Crippen molar-refractivity contribution in [1.29, 1.82) is 0 Å². The molecule has 0 aliphatic heterocycles. The Morgan fingerprint density at radius 1 is 1.40 bits per heavy atom. The summed E-state index contributed by atoms with van der Waals surface area (Å²) in [6.45, 7) is 2.19. The van der Waals surface area contributed by atoms with Crippen LogP contribution >= 0.6 is 0 Å². The fourth-order valence-corrected chi connectivity index (χ4v) is 1.12. The molecule has 1 aromatic carbocycles. The van der Waals surface area contributed by atoms with E-state index in [2.05, 4.69) is 4.74 Å². The Kier molecular flexibility index (Phi) is 3.79. The molecule has 0 atom stereocenters. The summed E-state index contributed by atoms with van der Waals surface area (Å²) in [6.07, 6.45) is -1.38. The summed E-state index contributed by atoms with van der Waals surface area (Å²) in [4.78, 5) is 10.4. The molecule has 1 aromatic rings. The molecule has 0 aliphatic carbocycles. The minimum Gasteiger partial charge on any atom is -0.493 e. The smallest absolute Gasteiger partial charge is 0.493 e. The van der Waals surface area contributed by atoms with Gasteiger partial charge in [0.2, 0.25) is 5.75 Å². The molecule has 0 fully saturated rings. The normalized spacial score (nSPS) is 9.47. The molecule has 1 rings (SSSR count). The summed E-state index contributed by atoms with van der Waals surface area (Å²) in [5.74, 6) is 0.865. The number of hydrogen-bond donors (Lipinski definition) is 1. The molecule has 5 heteroatoms. The average molecular weight is 212 g/mol. The van der Waals surface area contributed by atoms with Gasteiger partial charge in [-0.2, -0.15) is 0 Å². The van der Waals surface area contributed by atoms with Crippen LogP contribution in [0.2, 0.25) is 0 Å². The van der Waals surface area contributed by atoms with Crippen LogP contribution in [0.1, 0.15) is 6.92 Å². The Bertz CT molecular complexity index is 348. The summed E-state index contributed by atoms with van der Waals surface area (Å²) in [5.41, 5.74) is 0. The van der Waals surface area contributed by atoms with Gasteiger partial charge in [-0.3, -0.25) is 0 Å². The second kappa shape index (κ2) is 5.09. The maximum absolute atomic E-state index is 10.4. The molecule has 0 aromatic heterocycles. The van der Waals surface area contributed by atoms with E-state index in [1.54, 1.807) is 19.1 Å². The van der Waals surface area contributed by atoms with E-state index in [-0.39, 0.29) is 5.75 Å². The van der Waals surface area contributed by atoms with Gasteiger partial charge in [0.25, 0.3) is 0 Å². The summed E-state index contributed by atoms with van der Waals surface area (Å²) in [7, 11) is 1.47. The number of carboxylic acid groups (broad SMARTS) is 1. The lowest BCUT2D eigenvalue weighted by Gasteiger charge is -2.12. The first-order valence-corrected chi connectivity index (χ1v) is 4.39. The predicted molar refractivity (Wildman–Crippen MR) is 52.8 cm³/mol. The van der Waals surface area contributed by atoms with Gasteiger partial charge in [-0.05, 0) is 19.1 Å². The highest BCUT2D eigenvalue weighted by atomic mass is 16.7. The van der Waals surface area contributed by atoms with Crippen LogP contribution < -0.4 is 14.2 Å². The minimum absolute atomic E-state index is 0.128. The summed E-state index contributed by atoms with van der Waals surface area (Å²) in [5, 5.41) is 8.50. The van der Waals surface area contributed by atoms with E-state index in [1.165, 1.54) is 13.2 Å². The molecule has 0 heterocycles. The lowest BCUT2D eigenvalue weighted by molar-refractivity contribution is 0.142. The highest BCUT2D eigenvalue weighted by Crippen LogP contribution is 2.36. The zero-order chi connectivity index (χ0) is 11.3. The highest BCUT2D eigenvalue weighted by Gasteiger charge is 2.13. The lowest BCUT2D eigenvalue weighted by Crippen LogP contribution is -2.06. The van der Waals surface area contributed by atoms with E-state index in [0.717, 1.165) is 0 Å². The first kappa shape index (κ1) is 11.2. The molecule has 0 radical (unpaired) electrons. The van der Waals surface area contributed by atoms with Crippen LogP contribution in [0.15, 0.2) is 18.2 Å². The Hall–Kier alpha value is -1.91. The number of hydrogen-bond acceptors (Lipinski definition) is 4. The van der Waals surface area contributed by atoms with Gasteiger partial charge in [0.15, 0.2) is 11.5 Å². The predicted octanol–water partition coefficient (Wildman–Crippen LogP) is 2.15. The van der Waals surface area contributed by atoms with Crippen molar-refractivity contribution >= 4 is 6.16 Å². The fourth-order valence-electron chi connectivity index (χ4n) is 1.12. The van der Waals surface area contributed by atoms with Crippen LogP contribution in [0.25, 0.3) is 0 Å². The zero-order valence-corrected chi connectivity index (χ0v) is 8.52. The van der Waals surface area contributed by atoms with Crippen molar-refractivity contribution in [2.45, 2.75) is 6.92 Å². The molecule has 82 valence electrons. The van der Waals surface area contributed by atoms with Crippen LogP contribution in [-0.2, 0) is 0 Å². The number of methoxy groups -OCH3 is 1. The van der Waals surface area contributed by atoms with E-state index in [0.29, 0.717) is 18.1 Å². The number of ether oxygens (including phenoxy) is 3. The Morgan fingerprint density at radius 3 is 2.60 bits per heavy atom. The highest BCUT2D eigenvalue weighted by molar-refractivity contribution is 5.64. The van der Waals surface area contributed by atoms with Crippen molar-refractivity contribution in [3.05, 3.63) is 18.2 Å². The van der Waals surface area contributed by atoms with Gasteiger partial charge in [0.1, 0.15) is 0 Å². The number of carbonyl (C=O) groups is 1. The first-order valence-electron chi connectivity index (χ1n) is 4.39. The molecule has 0 bridgehead atoms. The van der Waals surface area contributed by atoms with Crippen molar-refractivity contribution in [2.75, 3.05) is 13.7 Å². The molecule has 0 amide bonds. The number of para-hydroxylation sites is 1. The lowest BCUT2D eigenvalue weighted by atomic mass is 10.3.